The quantitative estimate of drug-likeness (QED) is 0.348. The van der Waals surface area contributed by atoms with E-state index in [1.165, 1.54) is 34.7 Å². The molecule has 0 bridgehead atoms. The van der Waals surface area contributed by atoms with Crippen molar-refractivity contribution in [2.75, 3.05) is 26.4 Å². The minimum absolute atomic E-state index is 0.0372. The second kappa shape index (κ2) is 11.4. The van der Waals surface area contributed by atoms with Crippen molar-refractivity contribution in [1.29, 1.82) is 0 Å². The van der Waals surface area contributed by atoms with Crippen LogP contribution in [0.2, 0.25) is 0 Å². The van der Waals surface area contributed by atoms with E-state index in [0.29, 0.717) is 15.7 Å². The van der Waals surface area contributed by atoms with Crippen molar-refractivity contribution >= 4 is 38.7 Å². The van der Waals surface area contributed by atoms with Crippen LogP contribution in [0.5, 0.6) is 0 Å². The Morgan fingerprint density at radius 2 is 1.14 bits per heavy atom. The summed E-state index contributed by atoms with van der Waals surface area (Å²) in [7, 11) is -7.74. The van der Waals surface area contributed by atoms with Gasteiger partial charge in [-0.1, -0.05) is 24.3 Å². The first kappa shape index (κ1) is 24.2. The molecule has 2 rings (SSSR count). The maximum absolute atomic E-state index is 13.7. The van der Waals surface area contributed by atoms with E-state index in [4.69, 9.17) is 18.1 Å². The lowest BCUT2D eigenvalue weighted by Gasteiger charge is -2.27. The molecule has 0 N–H and O–H groups in total. The molecule has 6 nitrogen and oxygen atoms in total. The molecular formula is C18H28O6P2S2. The molecule has 28 heavy (non-hydrogen) atoms. The molecule has 1 heterocycles. The Kier molecular flexibility index (Phi) is 9.85. The number of fused-ring (bicyclic) bond motifs is 1. The van der Waals surface area contributed by atoms with Crippen molar-refractivity contribution in [3.8, 4) is 0 Å². The van der Waals surface area contributed by atoms with E-state index in [2.05, 4.69) is 12.1 Å². The third kappa shape index (κ3) is 5.77. The molecule has 0 unspecified atom stereocenters. The van der Waals surface area contributed by atoms with Crippen LogP contribution in [0.4, 0.5) is 0 Å². The summed E-state index contributed by atoms with van der Waals surface area (Å²) in [6.07, 6.45) is 0. The van der Waals surface area contributed by atoms with Crippen molar-refractivity contribution in [1.82, 2.24) is 0 Å². The normalized spacial score (nSPS) is 15.2. The summed E-state index contributed by atoms with van der Waals surface area (Å²) in [6, 6.07) is 8.13. The van der Waals surface area contributed by atoms with E-state index in [9.17, 15) is 9.13 Å². The minimum atomic E-state index is -3.87. The Balaban J connectivity index is 2.61. The zero-order valence-corrected chi connectivity index (χ0v) is 20.1. The maximum atomic E-state index is 13.7. The Bertz CT molecular complexity index is 702. The van der Waals surface area contributed by atoms with E-state index in [1.807, 2.05) is 12.1 Å². The first-order valence-electron chi connectivity index (χ1n) is 9.30. The molecule has 158 valence electrons. The molecule has 1 aliphatic heterocycles. The van der Waals surface area contributed by atoms with Gasteiger partial charge < -0.3 is 18.1 Å². The van der Waals surface area contributed by atoms with Gasteiger partial charge in [0.1, 0.15) is 0 Å². The molecule has 1 aliphatic rings. The summed E-state index contributed by atoms with van der Waals surface area (Å²) < 4.78 is 50.3. The molecular weight excluding hydrogens is 438 g/mol. The fourth-order valence-corrected chi connectivity index (χ4v) is 11.2. The van der Waals surface area contributed by atoms with E-state index in [-0.39, 0.29) is 31.5 Å². The summed E-state index contributed by atoms with van der Waals surface area (Å²) in [6.45, 7) is 7.52. The second-order valence-electron chi connectivity index (χ2n) is 5.62. The first-order valence-corrected chi connectivity index (χ1v) is 14.4. The lowest BCUT2D eigenvalue weighted by atomic mass is 10.1. The van der Waals surface area contributed by atoms with Crippen LogP contribution < -0.4 is 0 Å². The number of thioether (sulfide) groups is 2. The maximum Gasteiger partial charge on any atom is 0.371 e. The Morgan fingerprint density at radius 3 is 1.46 bits per heavy atom. The minimum Gasteiger partial charge on any atom is -0.305 e. The van der Waals surface area contributed by atoms with Crippen LogP contribution >= 0.6 is 38.7 Å². The zero-order valence-electron chi connectivity index (χ0n) is 16.7. The van der Waals surface area contributed by atoms with Gasteiger partial charge in [-0.2, -0.15) is 0 Å². The molecule has 0 saturated carbocycles. The summed E-state index contributed by atoms with van der Waals surface area (Å²) in [5.74, 6) is 1.33. The number of benzene rings is 1. The van der Waals surface area contributed by atoms with Crippen molar-refractivity contribution in [3.63, 3.8) is 0 Å². The van der Waals surface area contributed by atoms with Crippen LogP contribution in [-0.2, 0) is 38.7 Å². The Labute approximate surface area is 176 Å². The van der Waals surface area contributed by atoms with Gasteiger partial charge in [-0.05, 0) is 38.8 Å². The van der Waals surface area contributed by atoms with E-state index >= 15 is 0 Å². The Morgan fingerprint density at radius 1 is 0.786 bits per heavy atom. The van der Waals surface area contributed by atoms with Gasteiger partial charge in [0.05, 0.1) is 30.7 Å². The van der Waals surface area contributed by atoms with Crippen molar-refractivity contribution in [2.45, 2.75) is 39.2 Å². The van der Waals surface area contributed by atoms with Crippen LogP contribution in [-0.4, -0.2) is 26.4 Å². The summed E-state index contributed by atoms with van der Waals surface area (Å²) in [4.78, 5) is 0. The van der Waals surface area contributed by atoms with Gasteiger partial charge in [0.15, 0.2) is 5.06 Å². The highest BCUT2D eigenvalue weighted by molar-refractivity contribution is 8.22. The lowest BCUT2D eigenvalue weighted by molar-refractivity contribution is 0.214. The van der Waals surface area contributed by atoms with Gasteiger partial charge in [-0.25, -0.2) is 0 Å². The predicted molar refractivity (Wildman–Crippen MR) is 118 cm³/mol. The van der Waals surface area contributed by atoms with Gasteiger partial charge >= 0.3 is 15.2 Å². The molecule has 0 amide bonds. The summed E-state index contributed by atoms with van der Waals surface area (Å²) in [5, 5.41) is 0.0372. The second-order valence-corrected chi connectivity index (χ2v) is 12.1. The van der Waals surface area contributed by atoms with Gasteiger partial charge in [0.25, 0.3) is 0 Å². The smallest absolute Gasteiger partial charge is 0.305 e. The average molecular weight is 466 g/mol. The van der Waals surface area contributed by atoms with Crippen LogP contribution in [0.25, 0.3) is 0 Å². The lowest BCUT2D eigenvalue weighted by Crippen LogP contribution is -2.06. The van der Waals surface area contributed by atoms with Crippen LogP contribution in [0.3, 0.4) is 0 Å². The third-order valence-corrected chi connectivity index (χ3v) is 12.2. The third-order valence-electron chi connectivity index (χ3n) is 3.73. The van der Waals surface area contributed by atoms with Gasteiger partial charge in [-0.15, -0.1) is 23.5 Å². The fourth-order valence-electron chi connectivity index (χ4n) is 2.67. The SMILES string of the molecule is CCOP(=O)(OCC)C(=C1SCc2ccccc2CS1)P(=O)(OCC)OCC. The highest BCUT2D eigenvalue weighted by Gasteiger charge is 2.48. The Hall–Kier alpha value is -0.0400. The molecule has 0 spiro atoms. The fraction of sp³-hybridized carbons (Fsp3) is 0.556. The molecule has 0 fully saturated rings. The molecule has 10 heteroatoms. The highest BCUT2D eigenvalue weighted by atomic mass is 32.2. The van der Waals surface area contributed by atoms with Crippen molar-refractivity contribution in [2.24, 2.45) is 0 Å². The number of hydrogen-bond donors (Lipinski definition) is 0. The molecule has 0 saturated heterocycles. The topological polar surface area (TPSA) is 71.1 Å². The zero-order chi connectivity index (χ0) is 20.6. The molecule has 0 aliphatic carbocycles. The van der Waals surface area contributed by atoms with Crippen LogP contribution in [0.15, 0.2) is 33.6 Å². The molecule has 1 aromatic carbocycles. The van der Waals surface area contributed by atoms with E-state index in [1.54, 1.807) is 27.7 Å². The van der Waals surface area contributed by atoms with Crippen molar-refractivity contribution in [3.05, 3.63) is 44.7 Å². The van der Waals surface area contributed by atoms with Crippen LogP contribution in [0, 0.1) is 0 Å². The molecule has 0 radical (unpaired) electrons. The van der Waals surface area contributed by atoms with Gasteiger partial charge in [0, 0.05) is 11.5 Å². The number of hydrogen-bond acceptors (Lipinski definition) is 8. The summed E-state index contributed by atoms with van der Waals surface area (Å²) in [5.41, 5.74) is 2.39. The van der Waals surface area contributed by atoms with E-state index < -0.39 is 15.2 Å². The number of rotatable bonds is 10. The van der Waals surface area contributed by atoms with Crippen LogP contribution in [0.1, 0.15) is 38.8 Å². The monoisotopic (exact) mass is 466 g/mol. The molecule has 0 aromatic heterocycles. The average Bonchev–Trinajstić information content (AvgIpc) is 2.85. The van der Waals surface area contributed by atoms with E-state index in [0.717, 1.165) is 0 Å². The van der Waals surface area contributed by atoms with Gasteiger partial charge in [0.2, 0.25) is 0 Å². The predicted octanol–water partition coefficient (Wildman–Crippen LogP) is 6.83. The standard InChI is InChI=1S/C18H28O6P2S2/c1-5-21-25(19,22-6-2)17(26(20,23-7-3)24-8-4)18-27-13-15-11-9-10-12-16(15)14-28-18/h9-12H,5-8,13-14H2,1-4H3. The largest absolute Gasteiger partial charge is 0.371 e. The summed E-state index contributed by atoms with van der Waals surface area (Å²) >= 11 is 2.94. The van der Waals surface area contributed by atoms with Gasteiger partial charge in [-0.3, -0.25) is 9.13 Å². The molecule has 1 aromatic rings. The first-order chi connectivity index (χ1) is 13.4. The van der Waals surface area contributed by atoms with Crippen molar-refractivity contribution < 1.29 is 27.2 Å². The molecule has 0 atom stereocenters. The highest BCUT2D eigenvalue weighted by Crippen LogP contribution is 2.76.